The molecule has 110 valence electrons. The highest BCUT2D eigenvalue weighted by atomic mass is 35.5. The molecule has 3 aromatic rings. The van der Waals surface area contributed by atoms with E-state index in [1.807, 2.05) is 24.3 Å². The normalized spacial score (nSPS) is 10.4. The second-order valence-electron chi connectivity index (χ2n) is 4.40. The molecule has 0 unspecified atom stereocenters. The Morgan fingerprint density at radius 1 is 1.14 bits per heavy atom. The van der Waals surface area contributed by atoms with Gasteiger partial charge in [0.25, 0.3) is 5.91 Å². The van der Waals surface area contributed by atoms with E-state index >= 15 is 0 Å². The number of thiocarbonyl (C=S) groups is 1. The minimum atomic E-state index is -0.296. The van der Waals surface area contributed by atoms with Crippen LogP contribution >= 0.6 is 35.2 Å². The van der Waals surface area contributed by atoms with Gasteiger partial charge in [-0.25, -0.2) is 4.98 Å². The molecule has 7 heteroatoms. The minimum Gasteiger partial charge on any atom is -0.308 e. The lowest BCUT2D eigenvalue weighted by atomic mass is 10.2. The monoisotopic (exact) mass is 347 g/mol. The average Bonchev–Trinajstić information content (AvgIpc) is 2.89. The van der Waals surface area contributed by atoms with E-state index in [9.17, 15) is 4.79 Å². The molecule has 22 heavy (non-hydrogen) atoms. The summed E-state index contributed by atoms with van der Waals surface area (Å²) in [7, 11) is 0. The summed E-state index contributed by atoms with van der Waals surface area (Å²) < 4.78 is 1.05. The van der Waals surface area contributed by atoms with E-state index in [1.54, 1.807) is 24.3 Å². The van der Waals surface area contributed by atoms with Crippen molar-refractivity contribution in [3.05, 3.63) is 59.1 Å². The molecule has 1 aromatic heterocycles. The average molecular weight is 348 g/mol. The summed E-state index contributed by atoms with van der Waals surface area (Å²) in [6.07, 6.45) is 0. The molecule has 0 aliphatic carbocycles. The standard InChI is InChI=1S/C15H10ClN3OS2/c16-10-7-5-9(6-8-10)13(20)18-14(21)19-15-17-11-3-1-2-4-12(11)22-15/h1-8H,(H2,17,18,19,20,21). The van der Waals surface area contributed by atoms with Crippen LogP contribution in [0.15, 0.2) is 48.5 Å². The largest absolute Gasteiger partial charge is 0.308 e. The SMILES string of the molecule is O=C(NC(=S)Nc1nc2ccccc2s1)c1ccc(Cl)cc1. The number of hydrogen-bond donors (Lipinski definition) is 2. The maximum absolute atomic E-state index is 12.0. The Hall–Kier alpha value is -2.02. The van der Waals surface area contributed by atoms with Gasteiger partial charge in [0.1, 0.15) is 0 Å². The number of thiazole rings is 1. The molecule has 0 spiro atoms. The first-order valence-corrected chi connectivity index (χ1v) is 7.95. The Morgan fingerprint density at radius 2 is 1.86 bits per heavy atom. The van der Waals surface area contributed by atoms with Gasteiger partial charge in [0.15, 0.2) is 10.2 Å². The van der Waals surface area contributed by atoms with Crippen molar-refractivity contribution in [2.45, 2.75) is 0 Å². The van der Waals surface area contributed by atoms with E-state index in [4.69, 9.17) is 23.8 Å². The smallest absolute Gasteiger partial charge is 0.257 e. The zero-order chi connectivity index (χ0) is 15.5. The Labute approximate surface area is 141 Å². The summed E-state index contributed by atoms with van der Waals surface area (Å²) in [5.74, 6) is -0.296. The van der Waals surface area contributed by atoms with Gasteiger partial charge in [-0.2, -0.15) is 0 Å². The van der Waals surface area contributed by atoms with Crippen LogP contribution in [0.2, 0.25) is 5.02 Å². The van der Waals surface area contributed by atoms with Gasteiger partial charge in [0.2, 0.25) is 0 Å². The predicted molar refractivity (Wildman–Crippen MR) is 94.8 cm³/mol. The predicted octanol–water partition coefficient (Wildman–Crippen LogP) is 4.08. The van der Waals surface area contributed by atoms with Crippen LogP contribution in [0.25, 0.3) is 10.2 Å². The van der Waals surface area contributed by atoms with E-state index in [-0.39, 0.29) is 11.0 Å². The fourth-order valence-corrected chi connectivity index (χ4v) is 3.08. The van der Waals surface area contributed by atoms with Gasteiger partial charge in [0.05, 0.1) is 10.2 Å². The summed E-state index contributed by atoms with van der Waals surface area (Å²) in [6, 6.07) is 14.4. The first-order chi connectivity index (χ1) is 10.6. The highest BCUT2D eigenvalue weighted by Crippen LogP contribution is 2.25. The van der Waals surface area contributed by atoms with E-state index in [0.29, 0.717) is 15.7 Å². The molecular formula is C15H10ClN3OS2. The Kier molecular flexibility index (Phi) is 4.33. The van der Waals surface area contributed by atoms with Gasteiger partial charge in [-0.05, 0) is 48.6 Å². The van der Waals surface area contributed by atoms with Crippen molar-refractivity contribution < 1.29 is 4.79 Å². The van der Waals surface area contributed by atoms with Crippen molar-refractivity contribution in [2.75, 3.05) is 5.32 Å². The highest BCUT2D eigenvalue weighted by molar-refractivity contribution is 7.80. The molecule has 4 nitrogen and oxygen atoms in total. The number of benzene rings is 2. The number of hydrogen-bond acceptors (Lipinski definition) is 4. The van der Waals surface area contributed by atoms with Crippen LogP contribution in [0, 0.1) is 0 Å². The lowest BCUT2D eigenvalue weighted by Crippen LogP contribution is -2.34. The van der Waals surface area contributed by atoms with Crippen LogP contribution < -0.4 is 10.6 Å². The number of nitrogens with one attached hydrogen (secondary N) is 2. The number of fused-ring (bicyclic) bond motifs is 1. The topological polar surface area (TPSA) is 54.0 Å². The molecule has 0 aliphatic rings. The van der Waals surface area contributed by atoms with Crippen molar-refractivity contribution in [3.63, 3.8) is 0 Å². The Bertz CT molecular complexity index is 812. The number of carbonyl (C=O) groups is 1. The maximum Gasteiger partial charge on any atom is 0.257 e. The zero-order valence-corrected chi connectivity index (χ0v) is 13.6. The Morgan fingerprint density at radius 3 is 2.59 bits per heavy atom. The molecule has 0 atom stereocenters. The molecule has 0 fully saturated rings. The first kappa shape index (κ1) is 14.9. The molecule has 2 aromatic carbocycles. The zero-order valence-electron chi connectivity index (χ0n) is 11.2. The third-order valence-corrected chi connectivity index (χ3v) is 4.26. The van der Waals surface area contributed by atoms with E-state index < -0.39 is 0 Å². The number of amides is 1. The number of anilines is 1. The number of rotatable bonds is 2. The number of aromatic nitrogens is 1. The fraction of sp³-hybridized carbons (Fsp3) is 0. The van der Waals surface area contributed by atoms with Gasteiger partial charge in [-0.1, -0.05) is 35.1 Å². The molecule has 1 amide bonds. The molecule has 0 bridgehead atoms. The number of halogens is 1. The van der Waals surface area contributed by atoms with Crippen LogP contribution in [-0.4, -0.2) is 16.0 Å². The van der Waals surface area contributed by atoms with Gasteiger partial charge in [-0.15, -0.1) is 0 Å². The molecule has 1 heterocycles. The number of para-hydroxylation sites is 1. The van der Waals surface area contributed by atoms with E-state index in [0.717, 1.165) is 10.2 Å². The van der Waals surface area contributed by atoms with Crippen molar-refractivity contribution >= 4 is 61.5 Å². The van der Waals surface area contributed by atoms with Crippen LogP contribution in [0.5, 0.6) is 0 Å². The third-order valence-electron chi connectivity index (χ3n) is 2.85. The van der Waals surface area contributed by atoms with Crippen LogP contribution in [0.4, 0.5) is 5.13 Å². The molecule has 0 saturated carbocycles. The molecular weight excluding hydrogens is 338 g/mol. The fourth-order valence-electron chi connectivity index (χ4n) is 1.83. The summed E-state index contributed by atoms with van der Waals surface area (Å²) in [5, 5.41) is 6.96. The highest BCUT2D eigenvalue weighted by Gasteiger charge is 2.09. The molecule has 0 aliphatic heterocycles. The molecule has 0 radical (unpaired) electrons. The van der Waals surface area contributed by atoms with Crippen molar-refractivity contribution in [2.24, 2.45) is 0 Å². The Balaban J connectivity index is 1.66. The third kappa shape index (κ3) is 3.41. The second kappa shape index (κ2) is 6.39. The van der Waals surface area contributed by atoms with Crippen molar-refractivity contribution in [1.29, 1.82) is 0 Å². The van der Waals surface area contributed by atoms with E-state index in [2.05, 4.69) is 15.6 Å². The lowest BCUT2D eigenvalue weighted by Gasteiger charge is -2.07. The van der Waals surface area contributed by atoms with Gasteiger partial charge in [0, 0.05) is 10.6 Å². The minimum absolute atomic E-state index is 0.207. The van der Waals surface area contributed by atoms with Gasteiger partial charge < -0.3 is 5.32 Å². The van der Waals surface area contributed by atoms with Crippen LogP contribution in [0.1, 0.15) is 10.4 Å². The molecule has 2 N–H and O–H groups in total. The van der Waals surface area contributed by atoms with Gasteiger partial charge in [-0.3, -0.25) is 10.1 Å². The van der Waals surface area contributed by atoms with E-state index in [1.165, 1.54) is 11.3 Å². The quantitative estimate of drug-likeness (QED) is 0.686. The lowest BCUT2D eigenvalue weighted by molar-refractivity contribution is 0.0978. The first-order valence-electron chi connectivity index (χ1n) is 6.35. The summed E-state index contributed by atoms with van der Waals surface area (Å²) in [5.41, 5.74) is 1.37. The summed E-state index contributed by atoms with van der Waals surface area (Å²) >= 11 is 12.4. The maximum atomic E-state index is 12.0. The van der Waals surface area contributed by atoms with Crippen LogP contribution in [-0.2, 0) is 0 Å². The summed E-state index contributed by atoms with van der Waals surface area (Å²) in [6.45, 7) is 0. The summed E-state index contributed by atoms with van der Waals surface area (Å²) in [4.78, 5) is 16.4. The van der Waals surface area contributed by atoms with Gasteiger partial charge >= 0.3 is 0 Å². The van der Waals surface area contributed by atoms with Crippen LogP contribution in [0.3, 0.4) is 0 Å². The molecule has 3 rings (SSSR count). The van der Waals surface area contributed by atoms with Crippen molar-refractivity contribution in [1.82, 2.24) is 10.3 Å². The second-order valence-corrected chi connectivity index (χ2v) is 6.28. The number of carbonyl (C=O) groups excluding carboxylic acids is 1. The molecule has 0 saturated heterocycles. The van der Waals surface area contributed by atoms with Crippen molar-refractivity contribution in [3.8, 4) is 0 Å². The number of nitrogens with zero attached hydrogens (tertiary/aromatic N) is 1.